The maximum Gasteiger partial charge on any atom is 0.279 e. The normalized spacial score (nSPS) is 15.4. The largest absolute Gasteiger partial charge is 0.380 e. The summed E-state index contributed by atoms with van der Waals surface area (Å²) in [5.74, 6) is -2.32. The van der Waals surface area contributed by atoms with E-state index in [0.29, 0.717) is 36.1 Å². The summed E-state index contributed by atoms with van der Waals surface area (Å²) >= 11 is 1.18. The predicted molar refractivity (Wildman–Crippen MR) is 94.4 cm³/mol. The number of hydrogen-bond acceptors (Lipinski definition) is 6. The fourth-order valence-electron chi connectivity index (χ4n) is 2.69. The Morgan fingerprint density at radius 3 is 2.89 bits per heavy atom. The van der Waals surface area contributed by atoms with Crippen LogP contribution in [0.25, 0.3) is 11.3 Å². The van der Waals surface area contributed by atoms with Crippen molar-refractivity contribution in [1.29, 1.82) is 0 Å². The third kappa shape index (κ3) is 3.71. The van der Waals surface area contributed by atoms with E-state index in [1.807, 2.05) is 0 Å². The van der Waals surface area contributed by atoms with Crippen LogP contribution >= 0.6 is 11.3 Å². The monoisotopic (exact) mass is 391 g/mol. The number of nitrogens with zero attached hydrogens (tertiary/aromatic N) is 4. The molecule has 0 aliphatic carbocycles. The van der Waals surface area contributed by atoms with Gasteiger partial charge in [-0.3, -0.25) is 14.8 Å². The third-order valence-electron chi connectivity index (χ3n) is 4.16. The quantitative estimate of drug-likeness (QED) is 0.723. The summed E-state index contributed by atoms with van der Waals surface area (Å²) in [6.45, 7) is 4.00. The zero-order valence-electron chi connectivity index (χ0n) is 14.3. The van der Waals surface area contributed by atoms with Gasteiger partial charge in [0.05, 0.1) is 31.6 Å². The Bertz CT molecular complexity index is 999. The molecule has 0 spiro atoms. The average molecular weight is 391 g/mol. The van der Waals surface area contributed by atoms with Crippen LogP contribution in [0.5, 0.6) is 0 Å². The van der Waals surface area contributed by atoms with E-state index in [1.54, 1.807) is 16.3 Å². The fraction of sp³-hybridized carbons (Fsp3) is 0.294. The van der Waals surface area contributed by atoms with E-state index in [9.17, 15) is 13.6 Å². The molecule has 140 valence electrons. The highest BCUT2D eigenvalue weighted by molar-refractivity contribution is 7.14. The maximum absolute atomic E-state index is 13.4. The summed E-state index contributed by atoms with van der Waals surface area (Å²) in [7, 11) is 0. The zero-order chi connectivity index (χ0) is 19.0. The molecule has 10 heteroatoms. The first kappa shape index (κ1) is 17.7. The number of carbonyl (C=O) groups is 1. The van der Waals surface area contributed by atoms with E-state index in [2.05, 4.69) is 27.5 Å². The first-order valence-corrected chi connectivity index (χ1v) is 9.00. The molecule has 0 radical (unpaired) electrons. The number of halogens is 2. The summed E-state index contributed by atoms with van der Waals surface area (Å²) in [5.41, 5.74) is 1.04. The Kier molecular flexibility index (Phi) is 4.44. The summed E-state index contributed by atoms with van der Waals surface area (Å²) in [6.07, 6.45) is 1.57. The number of anilines is 1. The van der Waals surface area contributed by atoms with Gasteiger partial charge in [-0.2, -0.15) is 0 Å². The smallest absolute Gasteiger partial charge is 0.279 e. The molecular formula is C17H15F2N5O2S. The highest BCUT2D eigenvalue weighted by Gasteiger charge is 2.34. The molecular weight excluding hydrogens is 376 g/mol. The van der Waals surface area contributed by atoms with Crippen LogP contribution < -0.4 is 5.32 Å². The summed E-state index contributed by atoms with van der Waals surface area (Å²) < 4.78 is 33.2. The molecule has 0 unspecified atom stereocenters. The highest BCUT2D eigenvalue weighted by Crippen LogP contribution is 2.28. The molecule has 4 rings (SSSR count). The maximum atomic E-state index is 13.4. The number of carbonyl (C=O) groups excluding carboxylic acids is 1. The Morgan fingerprint density at radius 2 is 2.19 bits per heavy atom. The van der Waals surface area contributed by atoms with E-state index >= 15 is 0 Å². The second-order valence-corrected chi connectivity index (χ2v) is 7.58. The van der Waals surface area contributed by atoms with Gasteiger partial charge in [0, 0.05) is 16.4 Å². The Balaban J connectivity index is 1.43. The third-order valence-corrected chi connectivity index (χ3v) is 4.91. The van der Waals surface area contributed by atoms with Crippen molar-refractivity contribution in [1.82, 2.24) is 20.0 Å². The molecule has 0 saturated carbocycles. The van der Waals surface area contributed by atoms with Gasteiger partial charge in [0.2, 0.25) is 0 Å². The van der Waals surface area contributed by atoms with Gasteiger partial charge in [0.15, 0.2) is 22.5 Å². The summed E-state index contributed by atoms with van der Waals surface area (Å²) in [4.78, 5) is 16.6. The lowest BCUT2D eigenvalue weighted by Gasteiger charge is -2.37. The van der Waals surface area contributed by atoms with Crippen LogP contribution in [0.2, 0.25) is 0 Å². The number of ether oxygens (including phenoxy) is 1. The predicted octanol–water partition coefficient (Wildman–Crippen LogP) is 2.97. The standard InChI is InChI=1S/C17H15F2N5O2S/c1-17(8-26-9-17)7-24-5-13(22-23-24)15(25)21-16-20-14(6-27-16)10-2-3-11(18)12(19)4-10/h2-6H,7-9H2,1H3,(H,20,21,25). The van der Waals surface area contributed by atoms with Crippen LogP contribution in [-0.4, -0.2) is 39.1 Å². The number of amides is 1. The molecule has 1 amide bonds. The lowest BCUT2D eigenvalue weighted by Crippen LogP contribution is -2.43. The van der Waals surface area contributed by atoms with Crippen molar-refractivity contribution in [3.05, 3.63) is 47.1 Å². The minimum Gasteiger partial charge on any atom is -0.380 e. The Morgan fingerprint density at radius 1 is 1.37 bits per heavy atom. The van der Waals surface area contributed by atoms with Crippen LogP contribution in [0.3, 0.4) is 0 Å². The minimum atomic E-state index is -0.951. The fourth-order valence-corrected chi connectivity index (χ4v) is 3.41. The van der Waals surface area contributed by atoms with Crippen LogP contribution in [0.4, 0.5) is 13.9 Å². The molecule has 1 aliphatic rings. The van der Waals surface area contributed by atoms with Crippen LogP contribution in [0, 0.1) is 17.0 Å². The molecule has 1 fully saturated rings. The van der Waals surface area contributed by atoms with Crippen LogP contribution in [0.15, 0.2) is 29.8 Å². The van der Waals surface area contributed by atoms with Crippen molar-refractivity contribution in [2.75, 3.05) is 18.5 Å². The van der Waals surface area contributed by atoms with Gasteiger partial charge < -0.3 is 4.74 Å². The van der Waals surface area contributed by atoms with E-state index in [0.717, 1.165) is 12.1 Å². The summed E-state index contributed by atoms with van der Waals surface area (Å²) in [6, 6.07) is 3.52. The van der Waals surface area contributed by atoms with E-state index < -0.39 is 17.5 Å². The van der Waals surface area contributed by atoms with Crippen molar-refractivity contribution in [2.45, 2.75) is 13.5 Å². The van der Waals surface area contributed by atoms with E-state index in [1.165, 1.54) is 17.4 Å². The van der Waals surface area contributed by atoms with Crippen molar-refractivity contribution in [3.8, 4) is 11.3 Å². The number of hydrogen-bond donors (Lipinski definition) is 1. The van der Waals surface area contributed by atoms with E-state index in [-0.39, 0.29) is 11.1 Å². The minimum absolute atomic E-state index is 0.0100. The molecule has 3 heterocycles. The van der Waals surface area contributed by atoms with Gasteiger partial charge in [-0.05, 0) is 18.2 Å². The lowest BCUT2D eigenvalue weighted by atomic mass is 9.89. The lowest BCUT2D eigenvalue weighted by molar-refractivity contribution is -0.111. The second-order valence-electron chi connectivity index (χ2n) is 6.73. The van der Waals surface area contributed by atoms with Crippen molar-refractivity contribution in [3.63, 3.8) is 0 Å². The number of rotatable bonds is 5. The molecule has 7 nitrogen and oxygen atoms in total. The molecule has 1 aromatic carbocycles. The number of aromatic nitrogens is 4. The molecule has 0 atom stereocenters. The SMILES string of the molecule is CC1(Cn2cc(C(=O)Nc3nc(-c4ccc(F)c(F)c4)cs3)nn2)COC1. The first-order chi connectivity index (χ1) is 12.9. The van der Waals surface area contributed by atoms with Crippen LogP contribution in [0.1, 0.15) is 17.4 Å². The number of thiazole rings is 1. The highest BCUT2D eigenvalue weighted by atomic mass is 32.1. The molecule has 0 bridgehead atoms. The summed E-state index contributed by atoms with van der Waals surface area (Å²) in [5, 5.41) is 12.5. The van der Waals surface area contributed by atoms with Gasteiger partial charge in [-0.25, -0.2) is 13.8 Å². The van der Waals surface area contributed by atoms with Gasteiger partial charge in [-0.15, -0.1) is 16.4 Å². The average Bonchev–Trinajstić information content (AvgIpc) is 3.25. The van der Waals surface area contributed by atoms with Crippen molar-refractivity contribution in [2.24, 2.45) is 5.41 Å². The van der Waals surface area contributed by atoms with Crippen molar-refractivity contribution >= 4 is 22.4 Å². The number of benzene rings is 1. The first-order valence-electron chi connectivity index (χ1n) is 8.12. The molecule has 1 aliphatic heterocycles. The van der Waals surface area contributed by atoms with Crippen molar-refractivity contribution < 1.29 is 18.3 Å². The topological polar surface area (TPSA) is 81.9 Å². The number of nitrogens with one attached hydrogen (secondary N) is 1. The molecule has 1 saturated heterocycles. The van der Waals surface area contributed by atoms with Gasteiger partial charge in [0.1, 0.15) is 0 Å². The second kappa shape index (κ2) is 6.78. The zero-order valence-corrected chi connectivity index (χ0v) is 15.1. The molecule has 2 aromatic heterocycles. The molecule has 3 aromatic rings. The molecule has 27 heavy (non-hydrogen) atoms. The Hall–Kier alpha value is -2.72. The van der Waals surface area contributed by atoms with Crippen LogP contribution in [-0.2, 0) is 11.3 Å². The van der Waals surface area contributed by atoms with Gasteiger partial charge in [-0.1, -0.05) is 12.1 Å². The van der Waals surface area contributed by atoms with Gasteiger partial charge >= 0.3 is 0 Å². The Labute approximate surface area is 157 Å². The van der Waals surface area contributed by atoms with E-state index in [4.69, 9.17) is 4.74 Å². The van der Waals surface area contributed by atoms with Gasteiger partial charge in [0.25, 0.3) is 5.91 Å². The molecule has 1 N–H and O–H groups in total.